The molecule has 194 valence electrons. The Labute approximate surface area is 194 Å². The topological polar surface area (TPSA) is 261 Å². The van der Waals surface area contributed by atoms with Crippen LogP contribution in [0.5, 0.6) is 0 Å². The van der Waals surface area contributed by atoms with Crippen LogP contribution in [-0.2, 0) is 32.0 Å². The summed E-state index contributed by atoms with van der Waals surface area (Å²) in [5.41, 5.74) is -0.273. The van der Waals surface area contributed by atoms with Crippen LogP contribution in [0.15, 0.2) is 12.7 Å². The van der Waals surface area contributed by atoms with Gasteiger partial charge in [-0.15, -0.1) is 0 Å². The maximum Gasteiger partial charge on any atom is 0.481 e. The van der Waals surface area contributed by atoms with E-state index < -0.39 is 77.9 Å². The summed E-state index contributed by atoms with van der Waals surface area (Å²) in [6, 6.07) is 0. The molecule has 0 radical (unpaired) electrons. The summed E-state index contributed by atoms with van der Waals surface area (Å²) in [6.45, 7) is -1.70. The van der Waals surface area contributed by atoms with Gasteiger partial charge in [0.2, 0.25) is 0 Å². The molecule has 35 heavy (non-hydrogen) atoms. The minimum absolute atomic E-state index is 0.0169. The van der Waals surface area contributed by atoms with Crippen molar-refractivity contribution >= 4 is 26.8 Å². The lowest BCUT2D eigenvalue weighted by molar-refractivity contribution is -0.0565. The zero-order chi connectivity index (χ0) is 25.3. The van der Waals surface area contributed by atoms with Gasteiger partial charge >= 0.3 is 15.6 Å². The van der Waals surface area contributed by atoms with Crippen LogP contribution in [0.3, 0.4) is 0 Å². The second-order valence-corrected chi connectivity index (χ2v) is 11.1. The second-order valence-electron chi connectivity index (χ2n) is 8.03. The highest BCUT2D eigenvalue weighted by Gasteiger charge is 2.48. The summed E-state index contributed by atoms with van der Waals surface area (Å²) in [4.78, 5) is 27.9. The van der Waals surface area contributed by atoms with Crippen molar-refractivity contribution < 1.29 is 62.2 Å². The zero-order valence-corrected chi connectivity index (χ0v) is 19.2. The highest BCUT2D eigenvalue weighted by atomic mass is 31.3. The number of aromatic nitrogens is 4. The Bertz CT molecular complexity index is 1290. The minimum Gasteiger partial charge on any atom is -0.387 e. The van der Waals surface area contributed by atoms with Crippen molar-refractivity contribution in [3.05, 3.63) is 18.1 Å². The predicted octanol–water partition coefficient (Wildman–Crippen LogP) is -2.79. The number of hydrogen-bond donors (Lipinski definition) is 7. The highest BCUT2D eigenvalue weighted by molar-refractivity contribution is 7.61. The van der Waals surface area contributed by atoms with Gasteiger partial charge in [0.15, 0.2) is 29.1 Å². The Kier molecular flexibility index (Phi) is 6.25. The number of ether oxygens (including phenoxy) is 2. The average Bonchev–Trinajstić information content (AvgIpc) is 3.41. The van der Waals surface area contributed by atoms with Gasteiger partial charge in [-0.25, -0.2) is 19.1 Å². The van der Waals surface area contributed by atoms with E-state index in [4.69, 9.17) is 14.9 Å². The SMILES string of the molecule is N=c1c2ncn3c2ncn1[C@@H]1O[C@H](COP(=O)(O)OP(=O)(O)OC[C@H]2O[C@@H]3C(O)C2O)C(O)C1O. The molecule has 2 fully saturated rings. The van der Waals surface area contributed by atoms with E-state index in [1.165, 1.54) is 10.9 Å². The standard InChI is InChI=1S/C15H21N5O13P2/c16-12-7-13-18-4-19(12)14-10(23)8(21)5(31-14)1-29-34(25,26)33-35(27,28)30-2-6-9(22)11(24)15(32-6)20(13)3-17-7/h3-6,8-11,14-16,21-24H,1-2H2,(H,25,26)(H,27,28)/t5-,6-,8?,9?,10?,11?,14-,15-/m1/s1. The van der Waals surface area contributed by atoms with Crippen molar-refractivity contribution in [3.8, 4) is 0 Å². The summed E-state index contributed by atoms with van der Waals surface area (Å²) in [6.07, 6.45) is -9.71. The van der Waals surface area contributed by atoms with Crippen molar-refractivity contribution in [2.24, 2.45) is 0 Å². The first-order chi connectivity index (χ1) is 16.4. The third-order valence-electron chi connectivity index (χ3n) is 5.79. The fraction of sp³-hybridized carbons (Fsp3) is 0.667. The zero-order valence-electron chi connectivity index (χ0n) is 17.4. The van der Waals surface area contributed by atoms with E-state index in [0.717, 1.165) is 10.9 Å². The quantitative estimate of drug-likeness (QED) is 0.166. The number of hydrogen-bond acceptors (Lipinski definition) is 14. The van der Waals surface area contributed by atoms with Crippen LogP contribution >= 0.6 is 15.6 Å². The van der Waals surface area contributed by atoms with E-state index in [1.54, 1.807) is 0 Å². The molecular weight excluding hydrogens is 520 g/mol. The normalized spacial score (nSPS) is 44.6. The van der Waals surface area contributed by atoms with Gasteiger partial charge in [0.05, 0.1) is 19.5 Å². The number of fused-ring (bicyclic) bond motifs is 7. The van der Waals surface area contributed by atoms with Crippen molar-refractivity contribution in [2.75, 3.05) is 13.2 Å². The first-order valence-corrected chi connectivity index (χ1v) is 13.0. The molecule has 2 saturated heterocycles. The number of aliphatic hydroxyl groups is 4. The van der Waals surface area contributed by atoms with Gasteiger partial charge in [-0.1, -0.05) is 0 Å². The number of aliphatic hydroxyl groups excluding tert-OH is 4. The molecule has 8 bridgehead atoms. The molecule has 6 heterocycles. The molecule has 6 unspecified atom stereocenters. The van der Waals surface area contributed by atoms with Crippen LogP contribution in [0, 0.1) is 5.41 Å². The van der Waals surface area contributed by atoms with Crippen molar-refractivity contribution in [3.63, 3.8) is 0 Å². The van der Waals surface area contributed by atoms with Crippen molar-refractivity contribution in [1.29, 1.82) is 5.41 Å². The number of phosphoric acid groups is 2. The predicted molar refractivity (Wildman–Crippen MR) is 106 cm³/mol. The molecule has 7 N–H and O–H groups in total. The highest BCUT2D eigenvalue weighted by Crippen LogP contribution is 2.60. The van der Waals surface area contributed by atoms with Gasteiger partial charge in [-0.2, -0.15) is 4.31 Å². The molecule has 2 aromatic heterocycles. The molecule has 10 atom stereocenters. The first-order valence-electron chi connectivity index (χ1n) is 10.1. The molecule has 2 aromatic rings. The lowest BCUT2D eigenvalue weighted by Gasteiger charge is -2.21. The Hall–Kier alpha value is -1.63. The van der Waals surface area contributed by atoms with E-state index in [9.17, 15) is 39.3 Å². The molecule has 6 rings (SSSR count). The third kappa shape index (κ3) is 4.40. The van der Waals surface area contributed by atoms with Crippen molar-refractivity contribution in [2.45, 2.75) is 49.1 Å². The molecule has 18 nitrogen and oxygen atoms in total. The lowest BCUT2D eigenvalue weighted by atomic mass is 10.1. The van der Waals surface area contributed by atoms with Crippen LogP contribution in [0.25, 0.3) is 11.2 Å². The van der Waals surface area contributed by atoms with Crippen LogP contribution in [0.1, 0.15) is 12.5 Å². The van der Waals surface area contributed by atoms with Crippen LogP contribution in [0.2, 0.25) is 0 Å². The molecule has 0 saturated carbocycles. The average molecular weight is 541 g/mol. The van der Waals surface area contributed by atoms with Gasteiger partial charge in [-0.05, 0) is 0 Å². The van der Waals surface area contributed by atoms with Gasteiger partial charge < -0.3 is 39.7 Å². The maximum absolute atomic E-state index is 12.2. The molecule has 20 heteroatoms. The Morgan fingerprint density at radius 1 is 0.829 bits per heavy atom. The fourth-order valence-electron chi connectivity index (χ4n) is 4.03. The number of phosphoric ester groups is 2. The minimum atomic E-state index is -5.26. The Morgan fingerprint density at radius 2 is 1.31 bits per heavy atom. The molecule has 0 aromatic carbocycles. The van der Waals surface area contributed by atoms with Crippen LogP contribution < -0.4 is 5.49 Å². The molecule has 4 aliphatic heterocycles. The number of rotatable bonds is 0. The second kappa shape index (κ2) is 8.74. The number of nitrogens with zero attached hydrogens (tertiary/aromatic N) is 4. The number of imidazole rings is 1. The molecular formula is C15H21N5O13P2. The molecule has 0 aliphatic carbocycles. The lowest BCUT2D eigenvalue weighted by Crippen LogP contribution is -2.36. The van der Waals surface area contributed by atoms with E-state index in [1.807, 2.05) is 0 Å². The maximum atomic E-state index is 12.2. The van der Waals surface area contributed by atoms with E-state index in [0.29, 0.717) is 0 Å². The van der Waals surface area contributed by atoms with E-state index >= 15 is 0 Å². The fourth-order valence-corrected chi connectivity index (χ4v) is 6.12. The van der Waals surface area contributed by atoms with Gasteiger partial charge in [-0.3, -0.25) is 23.6 Å². The molecule has 0 amide bonds. The molecule has 0 spiro atoms. The Balaban J connectivity index is 1.58. The van der Waals surface area contributed by atoms with E-state index in [-0.39, 0.29) is 16.7 Å². The monoisotopic (exact) mass is 541 g/mol. The summed E-state index contributed by atoms with van der Waals surface area (Å²) >= 11 is 0. The van der Waals surface area contributed by atoms with Crippen LogP contribution in [-0.4, -0.2) is 99.2 Å². The molecule has 4 aliphatic rings. The summed E-state index contributed by atoms with van der Waals surface area (Å²) < 4.78 is 51.1. The smallest absolute Gasteiger partial charge is 0.387 e. The third-order valence-corrected chi connectivity index (χ3v) is 8.39. The van der Waals surface area contributed by atoms with Gasteiger partial charge in [0, 0.05) is 0 Å². The van der Waals surface area contributed by atoms with E-state index in [2.05, 4.69) is 23.3 Å². The van der Waals surface area contributed by atoms with Gasteiger partial charge in [0.25, 0.3) is 0 Å². The van der Waals surface area contributed by atoms with Crippen molar-refractivity contribution in [1.82, 2.24) is 19.1 Å². The Morgan fingerprint density at radius 3 is 1.86 bits per heavy atom. The van der Waals surface area contributed by atoms with Crippen LogP contribution in [0.4, 0.5) is 0 Å². The summed E-state index contributed by atoms with van der Waals surface area (Å²) in [7, 11) is -10.5. The first kappa shape index (κ1) is 25.0. The largest absolute Gasteiger partial charge is 0.481 e. The number of nitrogens with one attached hydrogen (secondary N) is 1. The summed E-state index contributed by atoms with van der Waals surface area (Å²) in [5.74, 6) is 0. The van der Waals surface area contributed by atoms with Gasteiger partial charge in [0.1, 0.15) is 43.0 Å². The summed E-state index contributed by atoms with van der Waals surface area (Å²) in [5, 5.41) is 50.0.